The van der Waals surface area contributed by atoms with Gasteiger partial charge in [0.05, 0.1) is 17.3 Å². The maximum Gasteiger partial charge on any atom is 0.227 e. The average molecular weight is 279 g/mol. The molecule has 0 fully saturated rings. The predicted octanol–water partition coefficient (Wildman–Crippen LogP) is 2.20. The summed E-state index contributed by atoms with van der Waals surface area (Å²) < 4.78 is 6.18. The van der Waals surface area contributed by atoms with Crippen molar-refractivity contribution in [3.63, 3.8) is 0 Å². The van der Waals surface area contributed by atoms with Crippen LogP contribution in [0.4, 0.5) is 5.13 Å². The highest BCUT2D eigenvalue weighted by atomic mass is 32.1. The third-order valence-electron chi connectivity index (χ3n) is 2.63. The van der Waals surface area contributed by atoms with Crippen LogP contribution in [0.5, 0.6) is 5.75 Å². The SMILES string of the molecule is COc1ccc2sc(NC(=O)CCN(C)C)nc2c1. The molecule has 6 heteroatoms. The fourth-order valence-electron chi connectivity index (χ4n) is 1.59. The Bertz CT molecular complexity index is 580. The van der Waals surface area contributed by atoms with Crippen molar-refractivity contribution in [3.05, 3.63) is 18.2 Å². The lowest BCUT2D eigenvalue weighted by atomic mass is 10.3. The molecular formula is C13H17N3O2S. The van der Waals surface area contributed by atoms with Crippen molar-refractivity contribution < 1.29 is 9.53 Å². The Balaban J connectivity index is 2.06. The number of hydrogen-bond acceptors (Lipinski definition) is 5. The Morgan fingerprint density at radius 1 is 1.47 bits per heavy atom. The molecule has 19 heavy (non-hydrogen) atoms. The number of nitrogens with zero attached hydrogens (tertiary/aromatic N) is 2. The van der Waals surface area contributed by atoms with Gasteiger partial charge < -0.3 is 15.0 Å². The van der Waals surface area contributed by atoms with Gasteiger partial charge in [0.15, 0.2) is 5.13 Å². The van der Waals surface area contributed by atoms with Gasteiger partial charge in [-0.1, -0.05) is 11.3 Å². The first-order valence-corrected chi connectivity index (χ1v) is 6.79. The first-order chi connectivity index (χ1) is 9.08. The third kappa shape index (κ3) is 3.65. The zero-order valence-corrected chi connectivity index (χ0v) is 12.1. The molecule has 0 bridgehead atoms. The minimum absolute atomic E-state index is 0.0141. The zero-order valence-electron chi connectivity index (χ0n) is 11.3. The lowest BCUT2D eigenvalue weighted by molar-refractivity contribution is -0.116. The molecule has 5 nitrogen and oxygen atoms in total. The van der Waals surface area contributed by atoms with Crippen LogP contribution in [0, 0.1) is 0 Å². The zero-order chi connectivity index (χ0) is 13.8. The molecule has 1 aromatic carbocycles. The van der Waals surface area contributed by atoms with Crippen LogP contribution in [-0.2, 0) is 4.79 Å². The average Bonchev–Trinajstić information content (AvgIpc) is 2.77. The van der Waals surface area contributed by atoms with Crippen molar-refractivity contribution in [1.29, 1.82) is 0 Å². The molecule has 1 amide bonds. The molecule has 0 unspecified atom stereocenters. The molecule has 0 radical (unpaired) electrons. The van der Waals surface area contributed by atoms with Crippen LogP contribution in [0.1, 0.15) is 6.42 Å². The molecule has 0 atom stereocenters. The van der Waals surface area contributed by atoms with Crippen LogP contribution in [0.3, 0.4) is 0 Å². The van der Waals surface area contributed by atoms with Gasteiger partial charge in [-0.3, -0.25) is 4.79 Å². The molecule has 102 valence electrons. The van der Waals surface area contributed by atoms with Crippen LogP contribution >= 0.6 is 11.3 Å². The Morgan fingerprint density at radius 2 is 2.26 bits per heavy atom. The number of fused-ring (bicyclic) bond motifs is 1. The summed E-state index contributed by atoms with van der Waals surface area (Å²) in [5.41, 5.74) is 0.840. The predicted molar refractivity (Wildman–Crippen MR) is 78.0 cm³/mol. The van der Waals surface area contributed by atoms with E-state index in [0.717, 1.165) is 22.5 Å². The van der Waals surface area contributed by atoms with Gasteiger partial charge in [0, 0.05) is 19.0 Å². The van der Waals surface area contributed by atoms with Crippen molar-refractivity contribution >= 4 is 32.6 Å². The van der Waals surface area contributed by atoms with Gasteiger partial charge in [-0.15, -0.1) is 0 Å². The fourth-order valence-corrected chi connectivity index (χ4v) is 2.46. The van der Waals surface area contributed by atoms with Crippen LogP contribution < -0.4 is 10.1 Å². The van der Waals surface area contributed by atoms with E-state index in [1.165, 1.54) is 11.3 Å². The summed E-state index contributed by atoms with van der Waals surface area (Å²) in [6, 6.07) is 5.70. The molecule has 0 aliphatic heterocycles. The van der Waals surface area contributed by atoms with Crippen LogP contribution in [0.15, 0.2) is 18.2 Å². The summed E-state index contributed by atoms with van der Waals surface area (Å²) in [6.07, 6.45) is 0.465. The first kappa shape index (κ1) is 13.8. The lowest BCUT2D eigenvalue weighted by Gasteiger charge is -2.07. The van der Waals surface area contributed by atoms with Crippen molar-refractivity contribution in [2.45, 2.75) is 6.42 Å². The van der Waals surface area contributed by atoms with Crippen molar-refractivity contribution in [3.8, 4) is 5.75 Å². The highest BCUT2D eigenvalue weighted by Crippen LogP contribution is 2.28. The molecular weight excluding hydrogens is 262 g/mol. The Hall–Kier alpha value is -1.66. The minimum atomic E-state index is -0.0141. The number of methoxy groups -OCH3 is 1. The molecule has 1 heterocycles. The molecule has 0 spiro atoms. The molecule has 2 rings (SSSR count). The van der Waals surface area contributed by atoms with E-state index >= 15 is 0 Å². The number of hydrogen-bond donors (Lipinski definition) is 1. The number of aromatic nitrogens is 1. The smallest absolute Gasteiger partial charge is 0.227 e. The van der Waals surface area contributed by atoms with Gasteiger partial charge in [-0.05, 0) is 26.2 Å². The van der Waals surface area contributed by atoms with Crippen molar-refractivity contribution in [1.82, 2.24) is 9.88 Å². The summed E-state index contributed by atoms with van der Waals surface area (Å²) in [5.74, 6) is 0.753. The van der Waals surface area contributed by atoms with Gasteiger partial charge in [0.25, 0.3) is 0 Å². The summed E-state index contributed by atoms with van der Waals surface area (Å²) in [6.45, 7) is 0.727. The summed E-state index contributed by atoms with van der Waals surface area (Å²) in [4.78, 5) is 18.1. The monoisotopic (exact) mass is 279 g/mol. The fraction of sp³-hybridized carbons (Fsp3) is 0.385. The summed E-state index contributed by atoms with van der Waals surface area (Å²) in [5, 5.41) is 3.46. The minimum Gasteiger partial charge on any atom is -0.497 e. The van der Waals surface area contributed by atoms with E-state index in [1.54, 1.807) is 7.11 Å². The van der Waals surface area contributed by atoms with Gasteiger partial charge in [-0.2, -0.15) is 0 Å². The van der Waals surface area contributed by atoms with E-state index in [0.29, 0.717) is 11.6 Å². The van der Waals surface area contributed by atoms with E-state index in [2.05, 4.69) is 10.3 Å². The third-order valence-corrected chi connectivity index (χ3v) is 3.58. The number of carbonyl (C=O) groups is 1. The number of thiazole rings is 1. The highest BCUT2D eigenvalue weighted by Gasteiger charge is 2.08. The standard InChI is InChI=1S/C13H17N3O2S/c1-16(2)7-6-12(17)15-13-14-10-8-9(18-3)4-5-11(10)19-13/h4-5,8H,6-7H2,1-3H3,(H,14,15,17). The quantitative estimate of drug-likeness (QED) is 0.911. The van der Waals surface area contributed by atoms with Gasteiger partial charge in [0.1, 0.15) is 5.75 Å². The second kappa shape index (κ2) is 5.99. The second-order valence-electron chi connectivity index (χ2n) is 4.45. The van der Waals surface area contributed by atoms with Crippen LogP contribution in [0.2, 0.25) is 0 Å². The number of rotatable bonds is 5. The summed E-state index contributed by atoms with van der Waals surface area (Å²) in [7, 11) is 5.51. The molecule has 1 aromatic heterocycles. The molecule has 0 aliphatic rings. The maximum absolute atomic E-state index is 11.7. The largest absolute Gasteiger partial charge is 0.497 e. The van der Waals surface area contributed by atoms with Crippen LogP contribution in [0.25, 0.3) is 10.2 Å². The normalized spacial score (nSPS) is 10.9. The van der Waals surface area contributed by atoms with Crippen molar-refractivity contribution in [2.24, 2.45) is 0 Å². The van der Waals surface area contributed by atoms with E-state index < -0.39 is 0 Å². The topological polar surface area (TPSA) is 54.5 Å². The van der Waals surface area contributed by atoms with Gasteiger partial charge in [0.2, 0.25) is 5.91 Å². The Labute approximate surface area is 116 Å². The van der Waals surface area contributed by atoms with Crippen molar-refractivity contribution in [2.75, 3.05) is 33.1 Å². The number of anilines is 1. The number of nitrogens with one attached hydrogen (secondary N) is 1. The Morgan fingerprint density at radius 3 is 2.95 bits per heavy atom. The van der Waals surface area contributed by atoms with E-state index in [1.807, 2.05) is 37.2 Å². The maximum atomic E-state index is 11.7. The summed E-state index contributed by atoms with van der Waals surface area (Å²) >= 11 is 1.47. The van der Waals surface area contributed by atoms with E-state index in [-0.39, 0.29) is 5.91 Å². The van der Waals surface area contributed by atoms with Gasteiger partial charge in [-0.25, -0.2) is 4.98 Å². The number of benzene rings is 1. The first-order valence-electron chi connectivity index (χ1n) is 5.97. The molecule has 2 aromatic rings. The van der Waals surface area contributed by atoms with Crippen LogP contribution in [-0.4, -0.2) is 43.5 Å². The number of ether oxygens (including phenoxy) is 1. The molecule has 0 saturated carbocycles. The van der Waals surface area contributed by atoms with Gasteiger partial charge >= 0.3 is 0 Å². The molecule has 0 saturated heterocycles. The molecule has 0 aliphatic carbocycles. The van der Waals surface area contributed by atoms with E-state index in [4.69, 9.17) is 4.74 Å². The number of amides is 1. The lowest BCUT2D eigenvalue weighted by Crippen LogP contribution is -2.20. The van der Waals surface area contributed by atoms with E-state index in [9.17, 15) is 4.79 Å². The molecule has 1 N–H and O–H groups in total. The Kier molecular flexibility index (Phi) is 4.34. The second-order valence-corrected chi connectivity index (χ2v) is 5.48. The number of carbonyl (C=O) groups excluding carboxylic acids is 1. The highest BCUT2D eigenvalue weighted by molar-refractivity contribution is 7.22.